The van der Waals surface area contributed by atoms with E-state index >= 15 is 0 Å². The minimum absolute atomic E-state index is 0.0978. The molecule has 0 aromatic heterocycles. The van der Waals surface area contributed by atoms with Crippen molar-refractivity contribution >= 4 is 0 Å². The van der Waals surface area contributed by atoms with Crippen LogP contribution >= 0.6 is 0 Å². The quantitative estimate of drug-likeness (QED) is 0.746. The van der Waals surface area contributed by atoms with E-state index in [1.54, 1.807) is 0 Å². The van der Waals surface area contributed by atoms with Crippen LogP contribution in [0.1, 0.15) is 27.7 Å². The van der Waals surface area contributed by atoms with Crippen LogP contribution in [0.2, 0.25) is 0 Å². The van der Waals surface area contributed by atoms with Crippen molar-refractivity contribution < 1.29 is 33.2 Å². The third-order valence-electron chi connectivity index (χ3n) is 4.10. The van der Waals surface area contributed by atoms with Gasteiger partial charge >= 0.3 is 0 Å². The molecule has 0 amide bonds. The molecule has 4 heterocycles. The van der Waals surface area contributed by atoms with Gasteiger partial charge < -0.3 is 33.2 Å². The summed E-state index contributed by atoms with van der Waals surface area (Å²) in [6.07, 6.45) is -1.68. The zero-order chi connectivity index (χ0) is 14.8. The van der Waals surface area contributed by atoms with Crippen molar-refractivity contribution in [3.8, 4) is 0 Å². The van der Waals surface area contributed by atoms with E-state index in [-0.39, 0.29) is 24.4 Å². The fraction of sp³-hybridized carbons (Fsp3) is 1.00. The van der Waals surface area contributed by atoms with Crippen LogP contribution in [0.15, 0.2) is 0 Å². The molecule has 4 aliphatic heterocycles. The molecule has 4 aliphatic rings. The Morgan fingerprint density at radius 3 is 1.57 bits per heavy atom. The zero-order valence-electron chi connectivity index (χ0n) is 12.7. The highest BCUT2D eigenvalue weighted by atomic mass is 16.8. The Kier molecular flexibility index (Phi) is 3.14. The standard InChI is InChI=1S/C14H22O7/c1-13(2)18-7-5-15-11(9(7)20-13)17-12-10-8(6-16-12)19-14(3,4)21-10/h7-12H,5-6H2,1-4H3/t7-,8-,9-,10-,11+,12+/m0/s1. The van der Waals surface area contributed by atoms with Gasteiger partial charge in [0.1, 0.15) is 24.4 Å². The van der Waals surface area contributed by atoms with Gasteiger partial charge in [0.15, 0.2) is 24.2 Å². The maximum atomic E-state index is 5.93. The van der Waals surface area contributed by atoms with Gasteiger partial charge in [-0.2, -0.15) is 0 Å². The molecule has 4 saturated heterocycles. The molecule has 7 heteroatoms. The second-order valence-corrected chi connectivity index (χ2v) is 6.82. The van der Waals surface area contributed by atoms with Crippen LogP contribution in [0.3, 0.4) is 0 Å². The summed E-state index contributed by atoms with van der Waals surface area (Å²) in [5, 5.41) is 0. The fourth-order valence-electron chi connectivity index (χ4n) is 3.38. The van der Waals surface area contributed by atoms with E-state index in [0.29, 0.717) is 13.2 Å². The van der Waals surface area contributed by atoms with Crippen LogP contribution in [0, 0.1) is 0 Å². The minimum atomic E-state index is -0.602. The first-order chi connectivity index (χ1) is 9.83. The Morgan fingerprint density at radius 1 is 0.714 bits per heavy atom. The Balaban J connectivity index is 1.41. The smallest absolute Gasteiger partial charge is 0.189 e. The maximum Gasteiger partial charge on any atom is 0.189 e. The van der Waals surface area contributed by atoms with E-state index in [1.807, 2.05) is 27.7 Å². The lowest BCUT2D eigenvalue weighted by Crippen LogP contribution is -2.39. The Morgan fingerprint density at radius 2 is 1.14 bits per heavy atom. The number of fused-ring (bicyclic) bond motifs is 2. The predicted molar refractivity (Wildman–Crippen MR) is 68.2 cm³/mol. The van der Waals surface area contributed by atoms with Crippen molar-refractivity contribution in [3.05, 3.63) is 0 Å². The summed E-state index contributed by atoms with van der Waals surface area (Å²) < 4.78 is 40.4. The lowest BCUT2D eigenvalue weighted by atomic mass is 10.2. The molecule has 0 aliphatic carbocycles. The van der Waals surface area contributed by atoms with Gasteiger partial charge in [-0.15, -0.1) is 0 Å². The lowest BCUT2D eigenvalue weighted by Gasteiger charge is -2.26. The minimum Gasteiger partial charge on any atom is -0.347 e. The molecular formula is C14H22O7. The Bertz CT molecular complexity index is 386. The molecule has 7 nitrogen and oxygen atoms in total. The van der Waals surface area contributed by atoms with Crippen molar-refractivity contribution in [2.75, 3.05) is 13.2 Å². The summed E-state index contributed by atoms with van der Waals surface area (Å²) >= 11 is 0. The largest absolute Gasteiger partial charge is 0.347 e. The molecule has 0 N–H and O–H groups in total. The number of hydrogen-bond donors (Lipinski definition) is 0. The third-order valence-corrected chi connectivity index (χ3v) is 4.10. The molecule has 0 radical (unpaired) electrons. The summed E-state index contributed by atoms with van der Waals surface area (Å²) in [5.74, 6) is -1.20. The average molecular weight is 302 g/mol. The summed E-state index contributed by atoms with van der Waals surface area (Å²) in [7, 11) is 0. The van der Waals surface area contributed by atoms with Crippen molar-refractivity contribution in [2.24, 2.45) is 0 Å². The van der Waals surface area contributed by atoms with E-state index < -0.39 is 24.2 Å². The normalized spacial score (nSPS) is 50.3. The first kappa shape index (κ1) is 14.3. The van der Waals surface area contributed by atoms with E-state index in [2.05, 4.69) is 0 Å². The van der Waals surface area contributed by atoms with E-state index in [9.17, 15) is 0 Å². The van der Waals surface area contributed by atoms with Gasteiger partial charge in [-0.05, 0) is 27.7 Å². The van der Waals surface area contributed by atoms with Crippen molar-refractivity contribution in [1.82, 2.24) is 0 Å². The first-order valence-electron chi connectivity index (χ1n) is 7.43. The Labute approximate surface area is 123 Å². The highest BCUT2D eigenvalue weighted by Crippen LogP contribution is 2.39. The van der Waals surface area contributed by atoms with Crippen LogP contribution in [0.4, 0.5) is 0 Å². The van der Waals surface area contributed by atoms with Crippen LogP contribution in [-0.2, 0) is 33.2 Å². The molecule has 6 atom stereocenters. The van der Waals surface area contributed by atoms with Crippen LogP contribution in [-0.4, -0.2) is 61.8 Å². The average Bonchev–Trinajstić information content (AvgIpc) is 3.02. The second kappa shape index (κ2) is 4.61. The van der Waals surface area contributed by atoms with Gasteiger partial charge in [-0.1, -0.05) is 0 Å². The fourth-order valence-corrected chi connectivity index (χ4v) is 3.38. The predicted octanol–water partition coefficient (Wildman–Crippen LogP) is 0.756. The van der Waals surface area contributed by atoms with Crippen molar-refractivity contribution in [1.29, 1.82) is 0 Å². The SMILES string of the molecule is CC1(C)O[C@@H]2[C@@H](O[C@H]3OC[C@@H]4OC(C)(C)O[C@H]34)OC[C@@H]2O1. The second-order valence-electron chi connectivity index (χ2n) is 6.82. The molecule has 0 spiro atoms. The molecular weight excluding hydrogens is 280 g/mol. The molecule has 0 aromatic carbocycles. The van der Waals surface area contributed by atoms with Gasteiger partial charge in [-0.3, -0.25) is 0 Å². The zero-order valence-corrected chi connectivity index (χ0v) is 12.7. The summed E-state index contributed by atoms with van der Waals surface area (Å²) in [6.45, 7) is 8.48. The van der Waals surface area contributed by atoms with Gasteiger partial charge in [0.2, 0.25) is 0 Å². The Hall–Kier alpha value is -0.280. The van der Waals surface area contributed by atoms with Gasteiger partial charge in [0.25, 0.3) is 0 Å². The lowest BCUT2D eigenvalue weighted by molar-refractivity contribution is -0.288. The highest BCUT2D eigenvalue weighted by Gasteiger charge is 2.55. The highest BCUT2D eigenvalue weighted by molar-refractivity contribution is 4.92. The van der Waals surface area contributed by atoms with Gasteiger partial charge in [0.05, 0.1) is 13.2 Å². The molecule has 21 heavy (non-hydrogen) atoms. The molecule has 0 saturated carbocycles. The number of hydrogen-bond acceptors (Lipinski definition) is 7. The van der Waals surface area contributed by atoms with Crippen LogP contribution < -0.4 is 0 Å². The monoisotopic (exact) mass is 302 g/mol. The maximum absolute atomic E-state index is 5.93. The molecule has 0 unspecified atom stereocenters. The van der Waals surface area contributed by atoms with Gasteiger partial charge in [0, 0.05) is 0 Å². The summed E-state index contributed by atoms with van der Waals surface area (Å²) in [4.78, 5) is 0. The summed E-state index contributed by atoms with van der Waals surface area (Å²) in [5.41, 5.74) is 0. The number of ether oxygens (including phenoxy) is 7. The number of rotatable bonds is 2. The van der Waals surface area contributed by atoms with Gasteiger partial charge in [-0.25, -0.2) is 0 Å². The first-order valence-corrected chi connectivity index (χ1v) is 7.43. The van der Waals surface area contributed by atoms with Crippen LogP contribution in [0.5, 0.6) is 0 Å². The topological polar surface area (TPSA) is 64.6 Å². The molecule has 120 valence electrons. The van der Waals surface area contributed by atoms with Crippen LogP contribution in [0.25, 0.3) is 0 Å². The van der Waals surface area contributed by atoms with E-state index in [4.69, 9.17) is 33.2 Å². The summed E-state index contributed by atoms with van der Waals surface area (Å²) in [6, 6.07) is 0. The molecule has 4 rings (SSSR count). The van der Waals surface area contributed by atoms with Crippen molar-refractivity contribution in [3.63, 3.8) is 0 Å². The molecule has 4 fully saturated rings. The molecule has 0 aromatic rings. The van der Waals surface area contributed by atoms with Crippen molar-refractivity contribution in [2.45, 2.75) is 76.3 Å². The van der Waals surface area contributed by atoms with E-state index in [0.717, 1.165) is 0 Å². The molecule has 0 bridgehead atoms. The van der Waals surface area contributed by atoms with E-state index in [1.165, 1.54) is 0 Å². The third kappa shape index (κ3) is 2.50.